The van der Waals surface area contributed by atoms with E-state index < -0.39 is 15.1 Å². The summed E-state index contributed by atoms with van der Waals surface area (Å²) in [5.41, 5.74) is 2.59. The van der Waals surface area contributed by atoms with Crippen molar-refractivity contribution in [3.8, 4) is 0 Å². The number of thiophene rings is 1. The molecule has 0 bridgehead atoms. The molecule has 0 N–H and O–H groups in total. The van der Waals surface area contributed by atoms with E-state index in [1.165, 1.54) is 11.3 Å². The highest BCUT2D eigenvalue weighted by molar-refractivity contribution is 7.91. The van der Waals surface area contributed by atoms with Gasteiger partial charge >= 0.3 is 0 Å². The van der Waals surface area contributed by atoms with Gasteiger partial charge in [0.2, 0.25) is 0 Å². The quantitative estimate of drug-likeness (QED) is 0.552. The Labute approximate surface area is 158 Å². The molecule has 3 nitrogen and oxygen atoms in total. The first-order chi connectivity index (χ1) is 12.4. The summed E-state index contributed by atoms with van der Waals surface area (Å²) in [4.78, 5) is 13.7. The second-order valence-electron chi connectivity index (χ2n) is 6.36. The molecule has 3 rings (SSSR count). The van der Waals surface area contributed by atoms with Crippen molar-refractivity contribution in [2.45, 2.75) is 30.4 Å². The predicted octanol–water partition coefficient (Wildman–Crippen LogP) is 5.15. The average Bonchev–Trinajstić information content (AvgIpc) is 3.14. The number of benzene rings is 2. The standard InChI is InChI=1S/C21H20O3S2/c1-15-5-9-17(10-6-15)19(22)14-21(20-4-3-13-25-20)26(23,24)18-11-7-16(2)8-12-18/h3-13,21H,14H2,1-2H3/t21-/m0/s1. The Hall–Kier alpha value is -2.24. The number of sulfone groups is 1. The molecule has 0 radical (unpaired) electrons. The van der Waals surface area contributed by atoms with E-state index in [2.05, 4.69) is 0 Å². The number of hydrogen-bond donors (Lipinski definition) is 0. The molecule has 0 fully saturated rings. The minimum atomic E-state index is -3.66. The fourth-order valence-corrected chi connectivity index (χ4v) is 5.61. The zero-order chi connectivity index (χ0) is 18.7. The number of carbonyl (C=O) groups excluding carboxylic acids is 1. The second kappa shape index (κ2) is 7.56. The molecule has 0 unspecified atom stereocenters. The van der Waals surface area contributed by atoms with Crippen molar-refractivity contribution in [1.29, 1.82) is 0 Å². The zero-order valence-corrected chi connectivity index (χ0v) is 16.3. The molecular formula is C21H20O3S2. The lowest BCUT2D eigenvalue weighted by molar-refractivity contribution is 0.0981. The minimum Gasteiger partial charge on any atom is -0.294 e. The lowest BCUT2D eigenvalue weighted by Crippen LogP contribution is -2.17. The largest absolute Gasteiger partial charge is 0.294 e. The Morgan fingerprint density at radius 1 is 0.923 bits per heavy atom. The summed E-state index contributed by atoms with van der Waals surface area (Å²) in [6.07, 6.45) is -0.0697. The summed E-state index contributed by atoms with van der Waals surface area (Å²) in [7, 11) is -3.66. The molecule has 3 aromatic rings. The fraction of sp³-hybridized carbons (Fsp3) is 0.190. The fourth-order valence-electron chi connectivity index (χ4n) is 2.76. The molecule has 5 heteroatoms. The first-order valence-corrected chi connectivity index (χ1v) is 10.7. The van der Waals surface area contributed by atoms with E-state index in [0.29, 0.717) is 10.4 Å². The van der Waals surface area contributed by atoms with Gasteiger partial charge in [0.05, 0.1) is 4.90 Å². The van der Waals surface area contributed by atoms with Gasteiger partial charge in [-0.1, -0.05) is 53.6 Å². The van der Waals surface area contributed by atoms with E-state index in [1.807, 2.05) is 37.4 Å². The summed E-state index contributed by atoms with van der Waals surface area (Å²) in [6, 6.07) is 17.6. The molecule has 0 amide bonds. The first kappa shape index (κ1) is 18.5. The maximum atomic E-state index is 13.2. The molecule has 0 aliphatic carbocycles. The van der Waals surface area contributed by atoms with Crippen LogP contribution in [0.3, 0.4) is 0 Å². The number of rotatable bonds is 6. The molecule has 134 valence electrons. The third-order valence-corrected chi connectivity index (χ3v) is 7.56. The topological polar surface area (TPSA) is 51.2 Å². The lowest BCUT2D eigenvalue weighted by Gasteiger charge is -2.16. The van der Waals surface area contributed by atoms with Gasteiger partial charge in [-0.15, -0.1) is 11.3 Å². The van der Waals surface area contributed by atoms with Crippen molar-refractivity contribution in [2.24, 2.45) is 0 Å². The third kappa shape index (κ3) is 3.94. The van der Waals surface area contributed by atoms with Crippen LogP contribution < -0.4 is 0 Å². The van der Waals surface area contributed by atoms with E-state index in [1.54, 1.807) is 42.5 Å². The SMILES string of the molecule is Cc1ccc(C(=O)C[C@@H](c2cccs2)S(=O)(=O)c2ccc(C)cc2)cc1. The molecule has 0 aliphatic rings. The predicted molar refractivity (Wildman–Crippen MR) is 106 cm³/mol. The molecule has 0 spiro atoms. The van der Waals surface area contributed by atoms with Crippen LogP contribution in [-0.4, -0.2) is 14.2 Å². The van der Waals surface area contributed by atoms with Gasteiger partial charge in [0.15, 0.2) is 15.6 Å². The van der Waals surface area contributed by atoms with Crippen LogP contribution in [0.2, 0.25) is 0 Å². The summed E-state index contributed by atoms with van der Waals surface area (Å²) in [6.45, 7) is 3.86. The van der Waals surface area contributed by atoms with E-state index in [9.17, 15) is 13.2 Å². The number of aryl methyl sites for hydroxylation is 2. The Morgan fingerprint density at radius 2 is 1.50 bits per heavy atom. The van der Waals surface area contributed by atoms with Crippen LogP contribution in [0.1, 0.15) is 38.0 Å². The van der Waals surface area contributed by atoms with Crippen molar-refractivity contribution in [3.63, 3.8) is 0 Å². The van der Waals surface area contributed by atoms with Crippen LogP contribution in [-0.2, 0) is 9.84 Å². The Bertz CT molecular complexity index is 984. The van der Waals surface area contributed by atoms with Crippen molar-refractivity contribution in [1.82, 2.24) is 0 Å². The normalized spacial score (nSPS) is 12.7. The van der Waals surface area contributed by atoms with Crippen molar-refractivity contribution in [2.75, 3.05) is 0 Å². The highest BCUT2D eigenvalue weighted by Gasteiger charge is 2.32. The maximum absolute atomic E-state index is 13.2. The van der Waals surface area contributed by atoms with Crippen LogP contribution in [0, 0.1) is 13.8 Å². The van der Waals surface area contributed by atoms with Gasteiger partial charge < -0.3 is 0 Å². The summed E-state index contributed by atoms with van der Waals surface area (Å²) < 4.78 is 26.4. The van der Waals surface area contributed by atoms with Gasteiger partial charge in [-0.3, -0.25) is 4.79 Å². The van der Waals surface area contributed by atoms with Crippen molar-refractivity contribution < 1.29 is 13.2 Å². The molecule has 0 aliphatic heterocycles. The Morgan fingerprint density at radius 3 is 2.04 bits per heavy atom. The zero-order valence-electron chi connectivity index (χ0n) is 14.7. The van der Waals surface area contributed by atoms with Crippen LogP contribution in [0.4, 0.5) is 0 Å². The smallest absolute Gasteiger partial charge is 0.186 e. The molecule has 0 saturated heterocycles. The van der Waals surface area contributed by atoms with Gasteiger partial charge in [-0.2, -0.15) is 0 Å². The molecule has 0 saturated carbocycles. The average molecular weight is 385 g/mol. The number of hydrogen-bond acceptors (Lipinski definition) is 4. The minimum absolute atomic E-state index is 0.0697. The van der Waals surface area contributed by atoms with Crippen molar-refractivity contribution >= 4 is 27.0 Å². The van der Waals surface area contributed by atoms with E-state index in [0.717, 1.165) is 11.1 Å². The molecule has 2 aromatic carbocycles. The highest BCUT2D eigenvalue weighted by atomic mass is 32.2. The van der Waals surface area contributed by atoms with Gasteiger partial charge in [0.1, 0.15) is 5.25 Å². The molecule has 1 atom stereocenters. The van der Waals surface area contributed by atoms with Gasteiger partial charge in [-0.25, -0.2) is 8.42 Å². The number of carbonyl (C=O) groups is 1. The van der Waals surface area contributed by atoms with E-state index in [4.69, 9.17) is 0 Å². The summed E-state index contributed by atoms with van der Waals surface area (Å²) in [5.74, 6) is -0.168. The lowest BCUT2D eigenvalue weighted by atomic mass is 10.0. The van der Waals surface area contributed by atoms with Gasteiger partial charge in [0.25, 0.3) is 0 Å². The van der Waals surface area contributed by atoms with E-state index in [-0.39, 0.29) is 17.1 Å². The summed E-state index contributed by atoms with van der Waals surface area (Å²) in [5, 5.41) is 0.961. The highest BCUT2D eigenvalue weighted by Crippen LogP contribution is 2.35. The van der Waals surface area contributed by atoms with E-state index >= 15 is 0 Å². The van der Waals surface area contributed by atoms with Crippen LogP contribution >= 0.6 is 11.3 Å². The first-order valence-electron chi connectivity index (χ1n) is 8.32. The Kier molecular flexibility index (Phi) is 5.39. The van der Waals surface area contributed by atoms with Crippen LogP contribution in [0.5, 0.6) is 0 Å². The number of ketones is 1. The Balaban J connectivity index is 1.97. The molecule has 1 aromatic heterocycles. The molecule has 1 heterocycles. The van der Waals surface area contributed by atoms with Crippen molar-refractivity contribution in [3.05, 3.63) is 87.6 Å². The monoisotopic (exact) mass is 384 g/mol. The maximum Gasteiger partial charge on any atom is 0.186 e. The summed E-state index contributed by atoms with van der Waals surface area (Å²) >= 11 is 1.36. The van der Waals surface area contributed by atoms with Crippen LogP contribution in [0.15, 0.2) is 70.9 Å². The second-order valence-corrected chi connectivity index (χ2v) is 9.47. The molecular weight excluding hydrogens is 364 g/mol. The molecule has 26 heavy (non-hydrogen) atoms. The van der Waals surface area contributed by atoms with Gasteiger partial charge in [0, 0.05) is 16.9 Å². The van der Waals surface area contributed by atoms with Gasteiger partial charge in [-0.05, 0) is 37.4 Å². The van der Waals surface area contributed by atoms with Crippen LogP contribution in [0.25, 0.3) is 0 Å². The third-order valence-electron chi connectivity index (χ3n) is 4.33. The number of Topliss-reactive ketones (excluding diaryl/α,β-unsaturated/α-hetero) is 1.